The first kappa shape index (κ1) is 19.9. The normalized spacial score (nSPS) is 11.6. The van der Waals surface area contributed by atoms with Gasteiger partial charge in [0.1, 0.15) is 10.1 Å². The van der Waals surface area contributed by atoms with Crippen molar-refractivity contribution in [2.45, 2.75) is 31.8 Å². The van der Waals surface area contributed by atoms with Crippen molar-refractivity contribution in [1.82, 2.24) is 0 Å². The van der Waals surface area contributed by atoms with E-state index in [-0.39, 0.29) is 4.90 Å². The van der Waals surface area contributed by atoms with Gasteiger partial charge < -0.3 is 4.55 Å². The summed E-state index contributed by atoms with van der Waals surface area (Å²) in [6.07, 6.45) is -2.00. The van der Waals surface area contributed by atoms with Crippen molar-refractivity contribution in [2.24, 2.45) is 0 Å². The number of pyridine rings is 1. The number of alkyl halides is 3. The van der Waals surface area contributed by atoms with Crippen molar-refractivity contribution in [2.75, 3.05) is 5.84 Å². The van der Waals surface area contributed by atoms with E-state index in [2.05, 4.69) is 0 Å². The Hall–Kier alpha value is -2.13. The number of hydrogen-bond donors (Lipinski definition) is 1. The fourth-order valence-electron chi connectivity index (χ4n) is 2.19. The average molecular weight is 362 g/mol. The first-order valence-corrected chi connectivity index (χ1v) is 8.10. The van der Waals surface area contributed by atoms with Gasteiger partial charge in [0.25, 0.3) is 0 Å². The Balaban J connectivity index is 0.000000243. The summed E-state index contributed by atoms with van der Waals surface area (Å²) in [7, 11) is -4.33. The summed E-state index contributed by atoms with van der Waals surface area (Å²) in [6.45, 7) is 5.12. The molecule has 0 saturated heterocycles. The number of benzene rings is 1. The summed E-state index contributed by atoms with van der Waals surface area (Å²) in [6, 6.07) is 5.22. The molecule has 5 nitrogen and oxygen atoms in total. The average Bonchev–Trinajstić information content (AvgIpc) is 2.35. The van der Waals surface area contributed by atoms with Gasteiger partial charge in [0.2, 0.25) is 0 Å². The maximum atomic E-state index is 11.9. The minimum absolute atomic E-state index is 0.0851. The molecule has 0 fully saturated rings. The first-order valence-electron chi connectivity index (χ1n) is 6.69. The maximum absolute atomic E-state index is 11.9. The molecule has 0 amide bonds. The van der Waals surface area contributed by atoms with Crippen LogP contribution < -0.4 is 10.5 Å². The molecular weight excluding hydrogens is 345 g/mol. The predicted molar refractivity (Wildman–Crippen MR) is 80.4 cm³/mol. The van der Waals surface area contributed by atoms with Crippen LogP contribution in [0, 0.1) is 20.8 Å². The number of aromatic nitrogens is 1. The number of aryl methyl sites for hydroxylation is 3. The molecule has 0 radical (unpaired) electrons. The summed E-state index contributed by atoms with van der Waals surface area (Å²) < 4.78 is 69.2. The standard InChI is InChI=1S/C9H12O3S.C6H6F3N2/c1-6-4-7(2)9(8(3)5-6)13(10,11)12;7-6(8,9)5-1-3-11(10)4-2-5/h4-5H,1-3H3,(H,10,11,12);1-4H,10H2/q;+1/p-1. The van der Waals surface area contributed by atoms with E-state index in [1.807, 2.05) is 6.92 Å². The van der Waals surface area contributed by atoms with E-state index in [0.29, 0.717) is 11.1 Å². The van der Waals surface area contributed by atoms with Gasteiger partial charge in [-0.1, -0.05) is 22.4 Å². The number of rotatable bonds is 1. The van der Waals surface area contributed by atoms with Gasteiger partial charge in [-0.15, -0.1) is 0 Å². The molecule has 0 bridgehead atoms. The fraction of sp³-hybridized carbons (Fsp3) is 0.267. The second kappa shape index (κ2) is 7.18. The van der Waals surface area contributed by atoms with Gasteiger partial charge in [-0.2, -0.15) is 13.2 Å². The largest absolute Gasteiger partial charge is 0.744 e. The zero-order valence-corrected chi connectivity index (χ0v) is 14.1. The molecule has 0 saturated carbocycles. The lowest BCUT2D eigenvalue weighted by Crippen LogP contribution is -2.43. The fourth-order valence-corrected chi connectivity index (χ4v) is 3.09. The number of nitrogens with zero attached hydrogens (tertiary/aromatic N) is 1. The minimum atomic E-state index is -4.33. The van der Waals surface area contributed by atoms with Crippen LogP contribution in [0.25, 0.3) is 0 Å². The Kier molecular flexibility index (Phi) is 5.96. The molecule has 2 N–H and O–H groups in total. The Morgan fingerprint density at radius 1 is 1.04 bits per heavy atom. The third-order valence-electron chi connectivity index (χ3n) is 3.03. The Labute approximate surface area is 138 Å². The van der Waals surface area contributed by atoms with Gasteiger partial charge >= 0.3 is 6.18 Å². The summed E-state index contributed by atoms with van der Waals surface area (Å²) in [5, 5.41) is 0. The monoisotopic (exact) mass is 362 g/mol. The van der Waals surface area contributed by atoms with Gasteiger partial charge in [-0.25, -0.2) is 14.3 Å². The predicted octanol–water partition coefficient (Wildman–Crippen LogP) is 2.22. The van der Waals surface area contributed by atoms with Gasteiger partial charge in [0, 0.05) is 12.1 Å². The van der Waals surface area contributed by atoms with Crippen LogP contribution >= 0.6 is 0 Å². The highest BCUT2D eigenvalue weighted by molar-refractivity contribution is 7.85. The molecule has 1 aromatic carbocycles. The highest BCUT2D eigenvalue weighted by Gasteiger charge is 2.30. The summed E-state index contributed by atoms with van der Waals surface area (Å²) in [5.41, 5.74) is 1.31. The molecule has 9 heteroatoms. The molecule has 1 heterocycles. The van der Waals surface area contributed by atoms with E-state index in [9.17, 15) is 26.1 Å². The van der Waals surface area contributed by atoms with Crippen molar-refractivity contribution in [3.63, 3.8) is 0 Å². The Morgan fingerprint density at radius 2 is 1.46 bits per heavy atom. The highest BCUT2D eigenvalue weighted by atomic mass is 32.2. The van der Waals surface area contributed by atoms with E-state index in [1.54, 1.807) is 26.0 Å². The molecule has 0 aliphatic heterocycles. The van der Waals surface area contributed by atoms with E-state index >= 15 is 0 Å². The number of nitrogen functional groups attached to an aromatic ring is 1. The van der Waals surface area contributed by atoms with Crippen molar-refractivity contribution < 1.29 is 30.8 Å². The Bertz CT molecular complexity index is 794. The molecule has 2 rings (SSSR count). The molecule has 0 atom stereocenters. The van der Waals surface area contributed by atoms with Crippen molar-refractivity contribution in [3.8, 4) is 0 Å². The van der Waals surface area contributed by atoms with Crippen molar-refractivity contribution in [1.29, 1.82) is 0 Å². The van der Waals surface area contributed by atoms with Crippen LogP contribution in [0.4, 0.5) is 13.2 Å². The molecule has 24 heavy (non-hydrogen) atoms. The third kappa shape index (κ3) is 5.50. The quantitative estimate of drug-likeness (QED) is 0.479. The molecule has 0 spiro atoms. The summed E-state index contributed by atoms with van der Waals surface area (Å²) in [4.78, 5) is -0.0851. The number of nitrogens with two attached hydrogens (primary N) is 1. The van der Waals surface area contributed by atoms with Crippen molar-refractivity contribution in [3.05, 3.63) is 58.9 Å². The topological polar surface area (TPSA) is 87.1 Å². The second-order valence-electron chi connectivity index (χ2n) is 5.21. The molecular formula is C15H17F3N2O3S. The Morgan fingerprint density at radius 3 is 1.79 bits per heavy atom. The van der Waals surface area contributed by atoms with Crippen LogP contribution in [0.15, 0.2) is 41.6 Å². The SMILES string of the molecule is Cc1cc(C)c(S(=O)(=O)[O-])c(C)c1.N[n+]1ccc(C(F)(F)F)cc1. The van der Waals surface area contributed by atoms with E-state index in [4.69, 9.17) is 5.84 Å². The number of halogens is 3. The lowest BCUT2D eigenvalue weighted by Gasteiger charge is -2.14. The van der Waals surface area contributed by atoms with E-state index in [0.717, 1.165) is 34.8 Å². The number of hydrogen-bond acceptors (Lipinski definition) is 4. The molecule has 1 aromatic heterocycles. The summed E-state index contributed by atoms with van der Waals surface area (Å²) >= 11 is 0. The van der Waals surface area contributed by atoms with Gasteiger partial charge in [0.15, 0.2) is 12.4 Å². The maximum Gasteiger partial charge on any atom is 0.416 e. The first-order chi connectivity index (χ1) is 10.8. The van der Waals surface area contributed by atoms with Crippen LogP contribution in [0.5, 0.6) is 0 Å². The molecule has 0 unspecified atom stereocenters. The smallest absolute Gasteiger partial charge is 0.416 e. The minimum Gasteiger partial charge on any atom is -0.744 e. The zero-order valence-electron chi connectivity index (χ0n) is 13.3. The van der Waals surface area contributed by atoms with Gasteiger partial charge in [0.05, 0.1) is 10.5 Å². The zero-order chi connectivity index (χ0) is 18.7. The summed E-state index contributed by atoms with van der Waals surface area (Å²) in [5.74, 6) is 5.12. The van der Waals surface area contributed by atoms with E-state index in [1.165, 1.54) is 0 Å². The van der Waals surface area contributed by atoms with Crippen LogP contribution in [0.3, 0.4) is 0 Å². The van der Waals surface area contributed by atoms with Crippen LogP contribution in [0.2, 0.25) is 0 Å². The lowest BCUT2D eigenvalue weighted by atomic mass is 10.1. The molecule has 2 aromatic rings. The van der Waals surface area contributed by atoms with Gasteiger partial charge in [-0.05, 0) is 31.9 Å². The van der Waals surface area contributed by atoms with E-state index < -0.39 is 21.9 Å². The molecule has 0 aliphatic carbocycles. The molecule has 132 valence electrons. The van der Waals surface area contributed by atoms with Crippen LogP contribution in [-0.4, -0.2) is 13.0 Å². The van der Waals surface area contributed by atoms with Crippen LogP contribution in [-0.2, 0) is 16.3 Å². The van der Waals surface area contributed by atoms with Crippen molar-refractivity contribution >= 4 is 10.1 Å². The lowest BCUT2D eigenvalue weighted by molar-refractivity contribution is -0.639. The van der Waals surface area contributed by atoms with Gasteiger partial charge in [-0.3, -0.25) is 0 Å². The second-order valence-corrected chi connectivity index (χ2v) is 6.53. The molecule has 0 aliphatic rings. The third-order valence-corrected chi connectivity index (χ3v) is 4.18. The van der Waals surface area contributed by atoms with Crippen LogP contribution in [0.1, 0.15) is 22.3 Å². The highest BCUT2D eigenvalue weighted by Crippen LogP contribution is 2.27.